The summed E-state index contributed by atoms with van der Waals surface area (Å²) < 4.78 is 44.4. The van der Waals surface area contributed by atoms with Gasteiger partial charge < -0.3 is 4.74 Å². The number of hydrogen-bond acceptors (Lipinski definition) is 4. The molecule has 0 saturated carbocycles. The maximum Gasteiger partial charge on any atom is 0.243 e. The van der Waals surface area contributed by atoms with Crippen molar-refractivity contribution in [1.82, 2.24) is 4.31 Å². The Labute approximate surface area is 118 Å². The van der Waals surface area contributed by atoms with Gasteiger partial charge in [-0.25, -0.2) is 12.8 Å². The Hall–Kier alpha value is -1.49. The molecule has 110 valence electrons. The van der Waals surface area contributed by atoms with E-state index in [1.54, 1.807) is 19.9 Å². The summed E-state index contributed by atoms with van der Waals surface area (Å²) in [5.41, 5.74) is -0.290. The van der Waals surface area contributed by atoms with Crippen LogP contribution in [0.2, 0.25) is 0 Å². The first-order chi connectivity index (χ1) is 9.34. The summed E-state index contributed by atoms with van der Waals surface area (Å²) >= 11 is 0. The summed E-state index contributed by atoms with van der Waals surface area (Å²) in [6.45, 7) is 3.92. The minimum Gasteiger partial charge on any atom is -0.383 e. The predicted molar refractivity (Wildman–Crippen MR) is 72.0 cm³/mol. The van der Waals surface area contributed by atoms with Crippen LogP contribution in [0.4, 0.5) is 4.39 Å². The lowest BCUT2D eigenvalue weighted by molar-refractivity contribution is 0.171. The third-order valence-corrected chi connectivity index (χ3v) is 4.83. The minimum atomic E-state index is -3.79. The molecule has 1 aromatic rings. The van der Waals surface area contributed by atoms with Crippen LogP contribution in [0.15, 0.2) is 23.1 Å². The third-order valence-electron chi connectivity index (χ3n) is 2.76. The zero-order valence-electron chi connectivity index (χ0n) is 11.6. The highest BCUT2D eigenvalue weighted by Gasteiger charge is 2.27. The van der Waals surface area contributed by atoms with E-state index >= 15 is 0 Å². The zero-order chi connectivity index (χ0) is 15.3. The van der Waals surface area contributed by atoms with Crippen molar-refractivity contribution in [3.05, 3.63) is 29.6 Å². The highest BCUT2D eigenvalue weighted by molar-refractivity contribution is 7.89. The molecule has 0 aromatic heterocycles. The monoisotopic (exact) mass is 300 g/mol. The second kappa shape index (κ2) is 6.79. The number of nitrogens with zero attached hydrogens (tertiary/aromatic N) is 2. The Morgan fingerprint density at radius 3 is 2.60 bits per heavy atom. The molecule has 0 atom stereocenters. The van der Waals surface area contributed by atoms with Crippen LogP contribution >= 0.6 is 0 Å². The Balaban J connectivity index is 3.23. The van der Waals surface area contributed by atoms with Crippen LogP contribution in [-0.4, -0.2) is 39.0 Å². The summed E-state index contributed by atoms with van der Waals surface area (Å²) in [6.07, 6.45) is 0. The van der Waals surface area contributed by atoms with E-state index in [4.69, 9.17) is 10.00 Å². The number of halogens is 1. The standard InChI is InChI=1S/C13H17FN2O3S/c1-10(2)16(6-7-19-3)20(17,18)12-4-5-13(14)11(8-12)9-15/h4-5,8,10H,6-7H2,1-3H3. The molecule has 0 unspecified atom stereocenters. The Morgan fingerprint density at radius 2 is 2.10 bits per heavy atom. The smallest absolute Gasteiger partial charge is 0.243 e. The van der Waals surface area contributed by atoms with Gasteiger partial charge in [0.25, 0.3) is 0 Å². The van der Waals surface area contributed by atoms with Crippen molar-refractivity contribution in [3.63, 3.8) is 0 Å². The van der Waals surface area contributed by atoms with Crippen molar-refractivity contribution in [2.75, 3.05) is 20.3 Å². The van der Waals surface area contributed by atoms with E-state index in [0.29, 0.717) is 0 Å². The van der Waals surface area contributed by atoms with Gasteiger partial charge in [0.15, 0.2) is 0 Å². The van der Waals surface area contributed by atoms with Crippen LogP contribution in [0.3, 0.4) is 0 Å². The van der Waals surface area contributed by atoms with Crippen LogP contribution in [0.5, 0.6) is 0 Å². The number of methoxy groups -OCH3 is 1. The molecule has 0 radical (unpaired) electrons. The highest BCUT2D eigenvalue weighted by atomic mass is 32.2. The van der Waals surface area contributed by atoms with Gasteiger partial charge in [0.05, 0.1) is 17.1 Å². The molecule has 1 rings (SSSR count). The maximum atomic E-state index is 13.3. The van der Waals surface area contributed by atoms with Gasteiger partial charge in [0.1, 0.15) is 11.9 Å². The first-order valence-electron chi connectivity index (χ1n) is 6.05. The first kappa shape index (κ1) is 16.6. The quantitative estimate of drug-likeness (QED) is 0.802. The molecule has 0 bridgehead atoms. The number of sulfonamides is 1. The van der Waals surface area contributed by atoms with Crippen LogP contribution in [0.25, 0.3) is 0 Å². The van der Waals surface area contributed by atoms with Crippen LogP contribution < -0.4 is 0 Å². The normalized spacial score (nSPS) is 11.8. The summed E-state index contributed by atoms with van der Waals surface area (Å²) in [4.78, 5) is -0.0970. The van der Waals surface area contributed by atoms with Gasteiger partial charge >= 0.3 is 0 Å². The zero-order valence-corrected chi connectivity index (χ0v) is 12.4. The molecule has 20 heavy (non-hydrogen) atoms. The molecule has 0 aliphatic heterocycles. The van der Waals surface area contributed by atoms with Crippen molar-refractivity contribution >= 4 is 10.0 Å². The van der Waals surface area contributed by atoms with Gasteiger partial charge in [-0.2, -0.15) is 9.57 Å². The molecule has 0 fully saturated rings. The molecule has 0 saturated heterocycles. The van der Waals surface area contributed by atoms with E-state index in [-0.39, 0.29) is 29.7 Å². The third kappa shape index (κ3) is 3.54. The molecule has 5 nitrogen and oxygen atoms in total. The lowest BCUT2D eigenvalue weighted by atomic mass is 10.2. The van der Waals surface area contributed by atoms with Gasteiger partial charge in [0.2, 0.25) is 10.0 Å². The largest absolute Gasteiger partial charge is 0.383 e. The number of benzene rings is 1. The fourth-order valence-electron chi connectivity index (χ4n) is 1.72. The van der Waals surface area contributed by atoms with E-state index in [9.17, 15) is 12.8 Å². The van der Waals surface area contributed by atoms with E-state index in [0.717, 1.165) is 18.2 Å². The number of rotatable bonds is 6. The fraction of sp³-hybridized carbons (Fsp3) is 0.462. The first-order valence-corrected chi connectivity index (χ1v) is 7.49. The lowest BCUT2D eigenvalue weighted by Crippen LogP contribution is -2.39. The highest BCUT2D eigenvalue weighted by Crippen LogP contribution is 2.20. The van der Waals surface area contributed by atoms with E-state index in [2.05, 4.69) is 0 Å². The second-order valence-corrected chi connectivity index (χ2v) is 6.35. The summed E-state index contributed by atoms with van der Waals surface area (Å²) in [6, 6.07) is 4.56. The molecule has 0 amide bonds. The van der Waals surface area contributed by atoms with Crippen molar-refractivity contribution in [3.8, 4) is 6.07 Å². The van der Waals surface area contributed by atoms with Gasteiger partial charge in [-0.15, -0.1) is 0 Å². The molecule has 0 heterocycles. The Morgan fingerprint density at radius 1 is 1.45 bits per heavy atom. The molecule has 7 heteroatoms. The topological polar surface area (TPSA) is 70.4 Å². The Kier molecular flexibility index (Phi) is 5.62. The predicted octanol–water partition coefficient (Wildman–Crippen LogP) is 1.74. The lowest BCUT2D eigenvalue weighted by Gasteiger charge is -2.25. The molecule has 0 aliphatic rings. The average molecular weight is 300 g/mol. The van der Waals surface area contributed by atoms with Crippen molar-refractivity contribution in [1.29, 1.82) is 5.26 Å². The summed E-state index contributed by atoms with van der Waals surface area (Å²) in [5.74, 6) is -0.737. The van der Waals surface area contributed by atoms with Crippen molar-refractivity contribution in [2.24, 2.45) is 0 Å². The van der Waals surface area contributed by atoms with Crippen molar-refractivity contribution < 1.29 is 17.5 Å². The SMILES string of the molecule is COCCN(C(C)C)S(=O)(=O)c1ccc(F)c(C#N)c1. The van der Waals surface area contributed by atoms with Gasteiger partial charge in [0, 0.05) is 19.7 Å². The van der Waals surface area contributed by atoms with Crippen LogP contribution in [-0.2, 0) is 14.8 Å². The number of nitriles is 1. The van der Waals surface area contributed by atoms with Gasteiger partial charge in [-0.3, -0.25) is 0 Å². The summed E-state index contributed by atoms with van der Waals surface area (Å²) in [5, 5.41) is 8.78. The molecular weight excluding hydrogens is 283 g/mol. The van der Waals surface area contributed by atoms with Gasteiger partial charge in [-0.1, -0.05) is 0 Å². The maximum absolute atomic E-state index is 13.3. The second-order valence-electron chi connectivity index (χ2n) is 4.46. The number of hydrogen-bond donors (Lipinski definition) is 0. The van der Waals surface area contributed by atoms with Crippen LogP contribution in [0, 0.1) is 17.1 Å². The molecule has 0 aliphatic carbocycles. The molecule has 1 aromatic carbocycles. The number of ether oxygens (including phenoxy) is 1. The van der Waals surface area contributed by atoms with Crippen LogP contribution in [0.1, 0.15) is 19.4 Å². The van der Waals surface area contributed by atoms with Crippen molar-refractivity contribution in [2.45, 2.75) is 24.8 Å². The molecule has 0 N–H and O–H groups in total. The molecule has 0 spiro atoms. The van der Waals surface area contributed by atoms with E-state index in [1.165, 1.54) is 11.4 Å². The Bertz CT molecular complexity index is 609. The summed E-state index contributed by atoms with van der Waals surface area (Å²) in [7, 11) is -2.30. The average Bonchev–Trinajstić information content (AvgIpc) is 2.38. The minimum absolute atomic E-state index is 0.0970. The van der Waals surface area contributed by atoms with Gasteiger partial charge in [-0.05, 0) is 32.0 Å². The van der Waals surface area contributed by atoms with E-state index < -0.39 is 15.8 Å². The van der Waals surface area contributed by atoms with E-state index in [1.807, 2.05) is 0 Å². The fourth-order valence-corrected chi connectivity index (χ4v) is 3.37. The molecular formula is C13H17FN2O3S.